The summed E-state index contributed by atoms with van der Waals surface area (Å²) in [6.45, 7) is 0. The molecule has 19 heavy (non-hydrogen) atoms. The number of fused-ring (bicyclic) bond motifs is 1. The second-order valence-corrected chi connectivity index (χ2v) is 6.09. The van der Waals surface area contributed by atoms with Crippen LogP contribution in [0.5, 0.6) is 0 Å². The molecule has 0 aliphatic heterocycles. The van der Waals surface area contributed by atoms with E-state index in [1.807, 2.05) is 0 Å². The molecule has 0 saturated carbocycles. The molecule has 3 rings (SSSR count). The van der Waals surface area contributed by atoms with Crippen molar-refractivity contribution in [3.05, 3.63) is 38.8 Å². The van der Waals surface area contributed by atoms with Crippen LogP contribution in [0.3, 0.4) is 0 Å². The van der Waals surface area contributed by atoms with E-state index in [4.69, 9.17) is 0 Å². The summed E-state index contributed by atoms with van der Waals surface area (Å²) in [4.78, 5) is 16.8. The van der Waals surface area contributed by atoms with Crippen LogP contribution in [0.1, 0.15) is 28.2 Å². The molecule has 1 aromatic heterocycles. The Kier molecular flexibility index (Phi) is 3.22. The highest BCUT2D eigenvalue weighted by molar-refractivity contribution is 9.10. The van der Waals surface area contributed by atoms with Gasteiger partial charge in [0.25, 0.3) is 0 Å². The molecular formula is C13H8BrF2NOS. The van der Waals surface area contributed by atoms with E-state index in [1.165, 1.54) is 17.4 Å². The van der Waals surface area contributed by atoms with Gasteiger partial charge in [-0.05, 0) is 40.9 Å². The summed E-state index contributed by atoms with van der Waals surface area (Å²) < 4.78 is 26.7. The Labute approximate surface area is 120 Å². The van der Waals surface area contributed by atoms with Crippen molar-refractivity contribution in [2.24, 2.45) is 0 Å². The first kappa shape index (κ1) is 12.9. The summed E-state index contributed by atoms with van der Waals surface area (Å²) in [6.07, 6.45) is 2.10. The largest absolute Gasteiger partial charge is 0.293 e. The zero-order valence-corrected chi connectivity index (χ0v) is 12.1. The minimum absolute atomic E-state index is 0.0473. The van der Waals surface area contributed by atoms with Gasteiger partial charge in [0, 0.05) is 12.0 Å². The minimum atomic E-state index is -0.933. The third-order valence-corrected chi connectivity index (χ3v) is 4.98. The molecule has 2 nitrogen and oxygen atoms in total. The van der Waals surface area contributed by atoms with E-state index >= 15 is 0 Å². The van der Waals surface area contributed by atoms with Crippen molar-refractivity contribution < 1.29 is 13.6 Å². The van der Waals surface area contributed by atoms with Crippen LogP contribution >= 0.6 is 27.3 Å². The van der Waals surface area contributed by atoms with Crippen LogP contribution < -0.4 is 0 Å². The third-order valence-electron chi connectivity index (χ3n) is 3.03. The lowest BCUT2D eigenvalue weighted by Gasteiger charge is -2.06. The SMILES string of the molecule is O=C1CCCc2nc(-c3ccc(F)c(F)c3Br)sc21. The van der Waals surface area contributed by atoms with E-state index in [-0.39, 0.29) is 10.3 Å². The standard InChI is InChI=1S/C13H8BrF2NOS/c14-10-6(4-5-7(15)11(10)16)13-17-8-2-1-3-9(18)12(8)19-13/h4-5H,1-3H2. The van der Waals surface area contributed by atoms with Crippen LogP contribution in [0, 0.1) is 11.6 Å². The van der Waals surface area contributed by atoms with Gasteiger partial charge in [-0.15, -0.1) is 11.3 Å². The van der Waals surface area contributed by atoms with E-state index < -0.39 is 11.6 Å². The first-order chi connectivity index (χ1) is 9.08. The van der Waals surface area contributed by atoms with Gasteiger partial charge in [0.05, 0.1) is 15.0 Å². The zero-order chi connectivity index (χ0) is 13.6. The van der Waals surface area contributed by atoms with Gasteiger partial charge >= 0.3 is 0 Å². The van der Waals surface area contributed by atoms with Gasteiger partial charge in [0.2, 0.25) is 0 Å². The number of Topliss-reactive ketones (excluding diaryl/α,β-unsaturated/α-hetero) is 1. The quantitative estimate of drug-likeness (QED) is 0.719. The number of ketones is 1. The van der Waals surface area contributed by atoms with Crippen LogP contribution in [0.15, 0.2) is 16.6 Å². The summed E-state index contributed by atoms with van der Waals surface area (Å²) in [7, 11) is 0. The smallest absolute Gasteiger partial charge is 0.174 e. The number of hydrogen-bond acceptors (Lipinski definition) is 3. The fourth-order valence-electron chi connectivity index (χ4n) is 2.08. The van der Waals surface area contributed by atoms with Gasteiger partial charge in [-0.2, -0.15) is 0 Å². The molecule has 0 amide bonds. The molecule has 0 saturated heterocycles. The maximum atomic E-state index is 13.5. The molecule has 1 aliphatic rings. The predicted octanol–water partition coefficient (Wildman–Crippen LogP) is 4.37. The first-order valence-corrected chi connectivity index (χ1v) is 7.35. The molecule has 0 radical (unpaired) electrons. The van der Waals surface area contributed by atoms with E-state index in [9.17, 15) is 13.6 Å². The molecule has 98 valence electrons. The Balaban J connectivity index is 2.13. The number of aryl methyl sites for hydroxylation is 1. The molecule has 1 aromatic carbocycles. The molecule has 2 aromatic rings. The molecule has 0 fully saturated rings. The van der Waals surface area contributed by atoms with Crippen molar-refractivity contribution >= 4 is 33.0 Å². The number of halogens is 3. The Morgan fingerprint density at radius 2 is 2.05 bits per heavy atom. The van der Waals surface area contributed by atoms with Crippen molar-refractivity contribution in [2.45, 2.75) is 19.3 Å². The second kappa shape index (κ2) is 4.76. The number of hydrogen-bond donors (Lipinski definition) is 0. The van der Waals surface area contributed by atoms with Gasteiger partial charge < -0.3 is 0 Å². The highest BCUT2D eigenvalue weighted by Crippen LogP contribution is 2.37. The lowest BCUT2D eigenvalue weighted by molar-refractivity contribution is 0.0976. The number of thiazole rings is 1. The number of benzene rings is 1. The summed E-state index contributed by atoms with van der Waals surface area (Å²) in [5.74, 6) is -1.76. The predicted molar refractivity (Wildman–Crippen MR) is 72.4 cm³/mol. The average Bonchev–Trinajstić information content (AvgIpc) is 2.81. The lowest BCUT2D eigenvalue weighted by atomic mass is 10.0. The third kappa shape index (κ3) is 2.12. The normalized spacial score (nSPS) is 14.6. The van der Waals surface area contributed by atoms with Crippen LogP contribution in [-0.2, 0) is 6.42 Å². The monoisotopic (exact) mass is 343 g/mol. The fraction of sp³-hybridized carbons (Fsp3) is 0.231. The summed E-state index contributed by atoms with van der Waals surface area (Å²) >= 11 is 4.29. The summed E-state index contributed by atoms with van der Waals surface area (Å²) in [6, 6.07) is 2.54. The Bertz CT molecular complexity index is 684. The van der Waals surface area contributed by atoms with Gasteiger partial charge in [-0.25, -0.2) is 13.8 Å². The van der Waals surface area contributed by atoms with Crippen LogP contribution in [0.2, 0.25) is 0 Å². The molecule has 0 unspecified atom stereocenters. The maximum absolute atomic E-state index is 13.5. The van der Waals surface area contributed by atoms with Gasteiger partial charge in [0.15, 0.2) is 17.4 Å². The van der Waals surface area contributed by atoms with E-state index in [2.05, 4.69) is 20.9 Å². The molecule has 1 heterocycles. The summed E-state index contributed by atoms with van der Waals surface area (Å²) in [5, 5.41) is 0.547. The van der Waals surface area contributed by atoms with Crippen LogP contribution in [0.25, 0.3) is 10.6 Å². The van der Waals surface area contributed by atoms with Crippen molar-refractivity contribution in [3.8, 4) is 10.6 Å². The molecule has 6 heteroatoms. The van der Waals surface area contributed by atoms with Gasteiger partial charge in [-0.1, -0.05) is 0 Å². The number of nitrogens with zero attached hydrogens (tertiary/aromatic N) is 1. The van der Waals surface area contributed by atoms with Gasteiger partial charge in [-0.3, -0.25) is 4.79 Å². The highest BCUT2D eigenvalue weighted by Gasteiger charge is 2.24. The lowest BCUT2D eigenvalue weighted by Crippen LogP contribution is -2.07. The van der Waals surface area contributed by atoms with Crippen molar-refractivity contribution in [3.63, 3.8) is 0 Å². The van der Waals surface area contributed by atoms with Gasteiger partial charge in [0.1, 0.15) is 5.01 Å². The molecule has 0 atom stereocenters. The molecule has 0 spiro atoms. The van der Waals surface area contributed by atoms with Crippen molar-refractivity contribution in [1.82, 2.24) is 4.98 Å². The number of carbonyl (C=O) groups excluding carboxylic acids is 1. The van der Waals surface area contributed by atoms with Crippen molar-refractivity contribution in [1.29, 1.82) is 0 Å². The number of carbonyl (C=O) groups is 1. The molecule has 1 aliphatic carbocycles. The maximum Gasteiger partial charge on any atom is 0.174 e. The Morgan fingerprint density at radius 1 is 1.26 bits per heavy atom. The zero-order valence-electron chi connectivity index (χ0n) is 9.67. The van der Waals surface area contributed by atoms with E-state index in [0.29, 0.717) is 21.9 Å². The number of rotatable bonds is 1. The van der Waals surface area contributed by atoms with Crippen LogP contribution in [-0.4, -0.2) is 10.8 Å². The Morgan fingerprint density at radius 3 is 2.79 bits per heavy atom. The Hall–Kier alpha value is -1.14. The second-order valence-electron chi connectivity index (χ2n) is 4.29. The molecule has 0 N–H and O–H groups in total. The summed E-state index contributed by atoms with van der Waals surface area (Å²) in [5.41, 5.74) is 1.25. The highest BCUT2D eigenvalue weighted by atomic mass is 79.9. The number of aromatic nitrogens is 1. The molecule has 0 bridgehead atoms. The van der Waals surface area contributed by atoms with Crippen LogP contribution in [0.4, 0.5) is 8.78 Å². The molecular weight excluding hydrogens is 336 g/mol. The minimum Gasteiger partial charge on any atom is -0.293 e. The van der Waals surface area contributed by atoms with E-state index in [0.717, 1.165) is 24.6 Å². The fourth-order valence-corrected chi connectivity index (χ4v) is 3.83. The van der Waals surface area contributed by atoms with E-state index in [1.54, 1.807) is 0 Å². The topological polar surface area (TPSA) is 30.0 Å². The first-order valence-electron chi connectivity index (χ1n) is 5.74. The average molecular weight is 344 g/mol. The van der Waals surface area contributed by atoms with Crippen molar-refractivity contribution in [2.75, 3.05) is 0 Å².